The lowest BCUT2D eigenvalue weighted by Gasteiger charge is -2.30. The van der Waals surface area contributed by atoms with Crippen LogP contribution < -0.4 is 5.32 Å². The molecule has 0 radical (unpaired) electrons. The summed E-state index contributed by atoms with van der Waals surface area (Å²) in [5.74, 6) is 0.584. The number of hydrogen-bond donors (Lipinski definition) is 1. The first-order chi connectivity index (χ1) is 13.1. The molecule has 2 aromatic heterocycles. The minimum atomic E-state index is -0.165. The number of pyridine rings is 1. The molecule has 0 aliphatic rings. The Morgan fingerprint density at radius 1 is 1.22 bits per heavy atom. The van der Waals surface area contributed by atoms with Crippen LogP contribution in [-0.2, 0) is 0 Å². The van der Waals surface area contributed by atoms with Crippen LogP contribution in [0.2, 0.25) is 0 Å². The molecule has 7 heteroatoms. The van der Waals surface area contributed by atoms with Gasteiger partial charge in [-0.1, -0.05) is 41.1 Å². The number of aromatic nitrogens is 3. The molecule has 0 saturated heterocycles. The van der Waals surface area contributed by atoms with Crippen LogP contribution in [-0.4, -0.2) is 32.2 Å². The van der Waals surface area contributed by atoms with E-state index in [2.05, 4.69) is 38.3 Å². The van der Waals surface area contributed by atoms with Crippen molar-refractivity contribution in [2.45, 2.75) is 26.3 Å². The summed E-state index contributed by atoms with van der Waals surface area (Å²) in [6, 6.07) is 13.2. The number of halogens is 1. The third-order valence-electron chi connectivity index (χ3n) is 4.30. The van der Waals surface area contributed by atoms with E-state index in [1.54, 1.807) is 29.3 Å². The molecular formula is C20H22BrN5O. The lowest BCUT2D eigenvalue weighted by atomic mass is 10.1. The molecule has 2 heterocycles. The summed E-state index contributed by atoms with van der Waals surface area (Å²) in [6.45, 7) is 4.74. The predicted molar refractivity (Wildman–Crippen MR) is 110 cm³/mol. The molecule has 0 bridgehead atoms. The van der Waals surface area contributed by atoms with Gasteiger partial charge < -0.3 is 10.2 Å². The van der Waals surface area contributed by atoms with Crippen molar-refractivity contribution in [2.24, 2.45) is 0 Å². The van der Waals surface area contributed by atoms with Crippen molar-refractivity contribution < 1.29 is 4.79 Å². The fraction of sp³-hybridized carbons (Fsp3) is 0.250. The van der Waals surface area contributed by atoms with Crippen LogP contribution in [0.4, 0.5) is 10.5 Å². The zero-order valence-electron chi connectivity index (χ0n) is 15.3. The summed E-state index contributed by atoms with van der Waals surface area (Å²) in [4.78, 5) is 19.3. The molecule has 0 aliphatic carbocycles. The monoisotopic (exact) mass is 427 g/mol. The molecular weight excluding hydrogens is 406 g/mol. The number of nitrogens with zero attached hydrogens (tertiary/aromatic N) is 4. The highest BCUT2D eigenvalue weighted by Crippen LogP contribution is 2.28. The van der Waals surface area contributed by atoms with E-state index in [-0.39, 0.29) is 12.1 Å². The Morgan fingerprint density at radius 3 is 2.74 bits per heavy atom. The van der Waals surface area contributed by atoms with Crippen molar-refractivity contribution in [3.8, 4) is 5.82 Å². The Hall–Kier alpha value is -2.67. The van der Waals surface area contributed by atoms with Crippen LogP contribution in [0.25, 0.3) is 5.82 Å². The summed E-state index contributed by atoms with van der Waals surface area (Å²) in [5.41, 5.74) is 1.69. The van der Waals surface area contributed by atoms with Gasteiger partial charge in [0, 0.05) is 29.6 Å². The van der Waals surface area contributed by atoms with Crippen LogP contribution in [0.3, 0.4) is 0 Å². The molecule has 6 nitrogen and oxygen atoms in total. The second kappa shape index (κ2) is 8.81. The van der Waals surface area contributed by atoms with Crippen LogP contribution >= 0.6 is 15.9 Å². The fourth-order valence-electron chi connectivity index (χ4n) is 2.95. The van der Waals surface area contributed by atoms with Gasteiger partial charge in [0.25, 0.3) is 0 Å². The number of hydrogen-bond acceptors (Lipinski definition) is 3. The number of carbonyl (C=O) groups excluding carboxylic acids is 1. The van der Waals surface area contributed by atoms with E-state index in [4.69, 9.17) is 0 Å². The minimum Gasteiger partial charge on any atom is -0.318 e. The minimum absolute atomic E-state index is 0.0784. The number of benzene rings is 1. The Kier molecular flexibility index (Phi) is 6.24. The highest BCUT2D eigenvalue weighted by atomic mass is 79.9. The Balaban J connectivity index is 1.86. The molecule has 1 aromatic carbocycles. The summed E-state index contributed by atoms with van der Waals surface area (Å²) in [5, 5.41) is 7.22. The highest BCUT2D eigenvalue weighted by molar-refractivity contribution is 9.10. The van der Waals surface area contributed by atoms with E-state index in [0.29, 0.717) is 18.1 Å². The van der Waals surface area contributed by atoms with Gasteiger partial charge in [0.2, 0.25) is 0 Å². The van der Waals surface area contributed by atoms with Gasteiger partial charge in [-0.3, -0.25) is 0 Å². The molecule has 27 heavy (non-hydrogen) atoms. The first-order valence-corrected chi connectivity index (χ1v) is 9.68. The van der Waals surface area contributed by atoms with Crippen molar-refractivity contribution >= 4 is 27.6 Å². The van der Waals surface area contributed by atoms with Gasteiger partial charge in [0.1, 0.15) is 0 Å². The van der Waals surface area contributed by atoms with Crippen molar-refractivity contribution in [2.75, 3.05) is 11.9 Å². The first kappa shape index (κ1) is 19.1. The van der Waals surface area contributed by atoms with Gasteiger partial charge >= 0.3 is 6.03 Å². The third kappa shape index (κ3) is 4.36. The Morgan fingerprint density at radius 2 is 2.04 bits per heavy atom. The van der Waals surface area contributed by atoms with Crippen molar-refractivity contribution in [1.29, 1.82) is 0 Å². The van der Waals surface area contributed by atoms with Crippen LogP contribution in [0.15, 0.2) is 65.5 Å². The second-order valence-corrected chi connectivity index (χ2v) is 7.00. The average molecular weight is 428 g/mol. The van der Waals surface area contributed by atoms with E-state index in [9.17, 15) is 4.79 Å². The van der Waals surface area contributed by atoms with Gasteiger partial charge in [0.15, 0.2) is 5.82 Å². The van der Waals surface area contributed by atoms with Gasteiger partial charge in [-0.25, -0.2) is 14.5 Å². The standard InChI is InChI=1S/C20H22BrN5O/c1-3-13-25(15(2)16-8-4-5-9-17(16)21)20(27)24-18-10-6-11-22-19(18)26-14-7-12-23-26/h4-12,14-15H,3,13H2,1-2H3,(H,24,27). The zero-order valence-corrected chi connectivity index (χ0v) is 16.9. The maximum Gasteiger partial charge on any atom is 0.322 e. The molecule has 0 spiro atoms. The van der Waals surface area contributed by atoms with Crippen molar-refractivity contribution in [1.82, 2.24) is 19.7 Å². The molecule has 3 rings (SSSR count). The number of carbonyl (C=O) groups is 1. The van der Waals surface area contributed by atoms with Gasteiger partial charge in [0.05, 0.1) is 11.7 Å². The highest BCUT2D eigenvalue weighted by Gasteiger charge is 2.23. The van der Waals surface area contributed by atoms with Gasteiger partial charge in [-0.05, 0) is 43.2 Å². The van der Waals surface area contributed by atoms with Crippen molar-refractivity contribution in [3.63, 3.8) is 0 Å². The van der Waals surface area contributed by atoms with E-state index < -0.39 is 0 Å². The second-order valence-electron chi connectivity index (χ2n) is 6.15. The van der Waals surface area contributed by atoms with Gasteiger partial charge in [-0.2, -0.15) is 5.10 Å². The Labute approximate surface area is 167 Å². The van der Waals surface area contributed by atoms with E-state index in [0.717, 1.165) is 16.5 Å². The average Bonchev–Trinajstić information content (AvgIpc) is 3.21. The molecule has 140 valence electrons. The lowest BCUT2D eigenvalue weighted by molar-refractivity contribution is 0.193. The van der Waals surface area contributed by atoms with Crippen LogP contribution in [0.5, 0.6) is 0 Å². The first-order valence-electron chi connectivity index (χ1n) is 8.89. The smallest absolute Gasteiger partial charge is 0.318 e. The summed E-state index contributed by atoms with van der Waals surface area (Å²) < 4.78 is 2.63. The molecule has 3 aromatic rings. The summed E-state index contributed by atoms with van der Waals surface area (Å²) in [7, 11) is 0. The third-order valence-corrected chi connectivity index (χ3v) is 5.02. The number of rotatable bonds is 6. The number of nitrogens with one attached hydrogen (secondary N) is 1. The molecule has 1 N–H and O–H groups in total. The molecule has 2 amide bonds. The number of anilines is 1. The molecule has 1 unspecified atom stereocenters. The largest absolute Gasteiger partial charge is 0.322 e. The van der Waals surface area contributed by atoms with Crippen LogP contribution in [0.1, 0.15) is 31.9 Å². The quantitative estimate of drug-likeness (QED) is 0.599. The topological polar surface area (TPSA) is 63.1 Å². The van der Waals surface area contributed by atoms with E-state index in [1.165, 1.54) is 0 Å². The zero-order chi connectivity index (χ0) is 19.2. The SMILES string of the molecule is CCCN(C(=O)Nc1cccnc1-n1cccn1)C(C)c1ccccc1Br. The maximum absolute atomic E-state index is 13.1. The molecule has 0 aliphatic heterocycles. The van der Waals surface area contributed by atoms with Crippen molar-refractivity contribution in [3.05, 3.63) is 71.1 Å². The lowest BCUT2D eigenvalue weighted by Crippen LogP contribution is -2.38. The van der Waals surface area contributed by atoms with Gasteiger partial charge in [-0.15, -0.1) is 0 Å². The molecule has 0 saturated carbocycles. The summed E-state index contributed by atoms with van der Waals surface area (Å²) in [6.07, 6.45) is 6.02. The maximum atomic E-state index is 13.1. The molecule has 0 fully saturated rings. The Bertz CT molecular complexity index is 897. The van der Waals surface area contributed by atoms with E-state index >= 15 is 0 Å². The fourth-order valence-corrected chi connectivity index (χ4v) is 3.57. The van der Waals surface area contributed by atoms with Crippen LogP contribution in [0, 0.1) is 0 Å². The van der Waals surface area contributed by atoms with E-state index in [1.807, 2.05) is 48.2 Å². The number of urea groups is 1. The predicted octanol–water partition coefficient (Wildman–Crippen LogP) is 5.03. The normalized spacial score (nSPS) is 11.8. The number of amides is 2. The summed E-state index contributed by atoms with van der Waals surface area (Å²) >= 11 is 3.59. The molecule has 1 atom stereocenters.